The molecule has 0 spiro atoms. The molecule has 0 bridgehead atoms. The number of rotatable bonds is 6. The van der Waals surface area contributed by atoms with Gasteiger partial charge in [-0.3, -0.25) is 14.9 Å². The lowest BCUT2D eigenvalue weighted by atomic mass is 10.2. The average molecular weight is 314 g/mol. The van der Waals surface area contributed by atoms with Crippen molar-refractivity contribution in [1.29, 1.82) is 0 Å². The van der Waals surface area contributed by atoms with Crippen molar-refractivity contribution in [2.24, 2.45) is 5.92 Å². The second-order valence-electron chi connectivity index (χ2n) is 5.46. The first kappa shape index (κ1) is 16.5. The van der Waals surface area contributed by atoms with Gasteiger partial charge in [0.1, 0.15) is 11.4 Å². The van der Waals surface area contributed by atoms with E-state index < -0.39 is 10.8 Å². The summed E-state index contributed by atoms with van der Waals surface area (Å²) in [5, 5.41) is 13.5. The summed E-state index contributed by atoms with van der Waals surface area (Å²) in [4.78, 5) is 22.7. The Morgan fingerprint density at radius 2 is 1.96 bits per heavy atom. The van der Waals surface area contributed by atoms with Crippen molar-refractivity contribution in [2.75, 3.05) is 11.9 Å². The number of ether oxygens (including phenoxy) is 1. The number of nitro benzene ring substituents is 1. The lowest BCUT2D eigenvalue weighted by Crippen LogP contribution is -2.13. The largest absolute Gasteiger partial charge is 0.493 e. The van der Waals surface area contributed by atoms with Gasteiger partial charge in [-0.1, -0.05) is 32.0 Å². The zero-order valence-electron chi connectivity index (χ0n) is 13.0. The van der Waals surface area contributed by atoms with Crippen molar-refractivity contribution in [2.45, 2.75) is 13.8 Å². The molecule has 0 aromatic heterocycles. The van der Waals surface area contributed by atoms with Gasteiger partial charge in [-0.05, 0) is 30.2 Å². The Balaban J connectivity index is 2.15. The van der Waals surface area contributed by atoms with E-state index in [1.165, 1.54) is 12.1 Å². The molecule has 0 atom stereocenters. The predicted molar refractivity (Wildman–Crippen MR) is 87.8 cm³/mol. The topological polar surface area (TPSA) is 81.5 Å². The highest BCUT2D eigenvalue weighted by atomic mass is 16.6. The van der Waals surface area contributed by atoms with Gasteiger partial charge in [0.05, 0.1) is 11.5 Å². The van der Waals surface area contributed by atoms with Crippen molar-refractivity contribution in [3.05, 3.63) is 64.2 Å². The number of nitrogens with one attached hydrogen (secondary N) is 1. The molecule has 120 valence electrons. The molecule has 0 saturated carbocycles. The third-order valence-electron chi connectivity index (χ3n) is 3.03. The Labute approximate surface area is 134 Å². The molecule has 23 heavy (non-hydrogen) atoms. The fourth-order valence-corrected chi connectivity index (χ4v) is 1.92. The summed E-state index contributed by atoms with van der Waals surface area (Å²) in [5.74, 6) is 0.544. The van der Waals surface area contributed by atoms with Crippen LogP contribution in [0.15, 0.2) is 48.5 Å². The average Bonchev–Trinajstić information content (AvgIpc) is 2.53. The Hall–Kier alpha value is -2.89. The third-order valence-corrected chi connectivity index (χ3v) is 3.03. The van der Waals surface area contributed by atoms with Crippen LogP contribution >= 0.6 is 0 Å². The third kappa shape index (κ3) is 4.54. The molecule has 0 saturated heterocycles. The number of nitrogens with zero attached hydrogens (tertiary/aromatic N) is 1. The van der Waals surface area contributed by atoms with Crippen molar-refractivity contribution in [1.82, 2.24) is 0 Å². The fourth-order valence-electron chi connectivity index (χ4n) is 1.92. The van der Waals surface area contributed by atoms with Crippen molar-refractivity contribution in [3.63, 3.8) is 0 Å². The Morgan fingerprint density at radius 3 is 2.65 bits per heavy atom. The van der Waals surface area contributed by atoms with Crippen LogP contribution in [0.4, 0.5) is 11.4 Å². The van der Waals surface area contributed by atoms with E-state index in [9.17, 15) is 14.9 Å². The first-order valence-electron chi connectivity index (χ1n) is 7.25. The maximum Gasteiger partial charge on any atom is 0.292 e. The van der Waals surface area contributed by atoms with Crippen LogP contribution in [0.1, 0.15) is 24.2 Å². The van der Waals surface area contributed by atoms with Crippen LogP contribution in [0, 0.1) is 16.0 Å². The number of hydrogen-bond acceptors (Lipinski definition) is 4. The number of amides is 1. The van der Waals surface area contributed by atoms with E-state index in [0.29, 0.717) is 23.8 Å². The van der Waals surface area contributed by atoms with Crippen molar-refractivity contribution in [3.8, 4) is 5.75 Å². The Morgan fingerprint density at radius 1 is 1.22 bits per heavy atom. The molecule has 1 N–H and O–H groups in total. The molecule has 2 aromatic carbocycles. The van der Waals surface area contributed by atoms with Gasteiger partial charge in [0.15, 0.2) is 0 Å². The SMILES string of the molecule is CC(C)COc1cccc(C(=O)Nc2ccccc2[N+](=O)[O-])c1. The van der Waals surface area contributed by atoms with E-state index in [2.05, 4.69) is 5.32 Å². The molecule has 2 rings (SSSR count). The van der Waals surface area contributed by atoms with Crippen LogP contribution in [0.25, 0.3) is 0 Å². The summed E-state index contributed by atoms with van der Waals surface area (Å²) in [6, 6.07) is 12.7. The molecule has 0 heterocycles. The smallest absolute Gasteiger partial charge is 0.292 e. The summed E-state index contributed by atoms with van der Waals surface area (Å²) >= 11 is 0. The van der Waals surface area contributed by atoms with Gasteiger partial charge in [0, 0.05) is 11.6 Å². The molecule has 2 aromatic rings. The summed E-state index contributed by atoms with van der Waals surface area (Å²) < 4.78 is 5.58. The van der Waals surface area contributed by atoms with Crippen molar-refractivity contribution >= 4 is 17.3 Å². The molecule has 1 amide bonds. The summed E-state index contributed by atoms with van der Waals surface area (Å²) in [7, 11) is 0. The van der Waals surface area contributed by atoms with E-state index >= 15 is 0 Å². The van der Waals surface area contributed by atoms with Crippen LogP contribution in [0.3, 0.4) is 0 Å². The van der Waals surface area contributed by atoms with Crippen molar-refractivity contribution < 1.29 is 14.5 Å². The second kappa shape index (κ2) is 7.40. The number of hydrogen-bond donors (Lipinski definition) is 1. The van der Waals surface area contributed by atoms with Crippen LogP contribution in [0.2, 0.25) is 0 Å². The van der Waals surface area contributed by atoms with Gasteiger partial charge in [0.25, 0.3) is 11.6 Å². The molecule has 0 aliphatic heterocycles. The van der Waals surface area contributed by atoms with E-state index in [4.69, 9.17) is 4.74 Å². The number of anilines is 1. The predicted octanol–water partition coefficient (Wildman–Crippen LogP) is 3.88. The Kier molecular flexibility index (Phi) is 5.30. The second-order valence-corrected chi connectivity index (χ2v) is 5.46. The first-order chi connectivity index (χ1) is 11.0. The maximum atomic E-state index is 12.3. The highest BCUT2D eigenvalue weighted by Gasteiger charge is 2.16. The zero-order valence-corrected chi connectivity index (χ0v) is 13.0. The molecule has 0 radical (unpaired) electrons. The maximum absolute atomic E-state index is 12.3. The van der Waals surface area contributed by atoms with Gasteiger partial charge in [-0.25, -0.2) is 0 Å². The quantitative estimate of drug-likeness (QED) is 0.648. The zero-order chi connectivity index (χ0) is 16.8. The highest BCUT2D eigenvalue weighted by Crippen LogP contribution is 2.24. The van der Waals surface area contributed by atoms with E-state index in [0.717, 1.165) is 0 Å². The first-order valence-corrected chi connectivity index (χ1v) is 7.25. The van der Waals surface area contributed by atoms with Gasteiger partial charge in [0.2, 0.25) is 0 Å². The molecular formula is C17H18N2O4. The minimum atomic E-state index is -0.530. The van der Waals surface area contributed by atoms with Crippen LogP contribution in [0.5, 0.6) is 5.75 Å². The fraction of sp³-hybridized carbons (Fsp3) is 0.235. The summed E-state index contributed by atoms with van der Waals surface area (Å²) in [6.45, 7) is 4.62. The van der Waals surface area contributed by atoms with E-state index in [1.807, 2.05) is 13.8 Å². The lowest BCUT2D eigenvalue weighted by Gasteiger charge is -2.10. The van der Waals surface area contributed by atoms with E-state index in [1.54, 1.807) is 36.4 Å². The molecule has 0 fully saturated rings. The standard InChI is InChI=1S/C17H18N2O4/c1-12(2)11-23-14-7-5-6-13(10-14)17(20)18-15-8-3-4-9-16(15)19(21)22/h3-10,12H,11H2,1-2H3,(H,18,20). The summed E-state index contributed by atoms with van der Waals surface area (Å²) in [5.41, 5.74) is 0.397. The molecule has 0 unspecified atom stereocenters. The minimum Gasteiger partial charge on any atom is -0.493 e. The monoisotopic (exact) mass is 314 g/mol. The normalized spacial score (nSPS) is 10.4. The molecule has 0 aliphatic rings. The van der Waals surface area contributed by atoms with Gasteiger partial charge >= 0.3 is 0 Å². The number of nitro groups is 1. The minimum absolute atomic E-state index is 0.145. The molecule has 0 aliphatic carbocycles. The Bertz CT molecular complexity index is 713. The van der Waals surface area contributed by atoms with E-state index in [-0.39, 0.29) is 11.4 Å². The number of carbonyl (C=O) groups is 1. The van der Waals surface area contributed by atoms with Crippen LogP contribution in [-0.2, 0) is 0 Å². The highest BCUT2D eigenvalue weighted by molar-refractivity contribution is 6.05. The number of carbonyl (C=O) groups excluding carboxylic acids is 1. The molecule has 6 nitrogen and oxygen atoms in total. The molecular weight excluding hydrogens is 296 g/mol. The molecule has 6 heteroatoms. The van der Waals surface area contributed by atoms with Gasteiger partial charge < -0.3 is 10.1 Å². The number of para-hydroxylation sites is 2. The van der Waals surface area contributed by atoms with Crippen LogP contribution < -0.4 is 10.1 Å². The van der Waals surface area contributed by atoms with Crippen LogP contribution in [-0.4, -0.2) is 17.4 Å². The number of benzene rings is 2. The van der Waals surface area contributed by atoms with Gasteiger partial charge in [-0.2, -0.15) is 0 Å². The van der Waals surface area contributed by atoms with Gasteiger partial charge in [-0.15, -0.1) is 0 Å². The summed E-state index contributed by atoms with van der Waals surface area (Å²) in [6.07, 6.45) is 0. The lowest BCUT2D eigenvalue weighted by molar-refractivity contribution is -0.383.